The van der Waals surface area contributed by atoms with Gasteiger partial charge in [-0.1, -0.05) is 30.3 Å². The van der Waals surface area contributed by atoms with Gasteiger partial charge < -0.3 is 19.7 Å². The van der Waals surface area contributed by atoms with Crippen LogP contribution in [-0.2, 0) is 6.54 Å². The maximum absolute atomic E-state index is 12.9. The van der Waals surface area contributed by atoms with Crippen LogP contribution in [0.1, 0.15) is 28.8 Å². The summed E-state index contributed by atoms with van der Waals surface area (Å²) in [5.74, 6) is 1.63. The molecule has 1 amide bonds. The van der Waals surface area contributed by atoms with E-state index in [9.17, 15) is 4.79 Å². The van der Waals surface area contributed by atoms with Gasteiger partial charge in [0.05, 0.1) is 18.2 Å². The Morgan fingerprint density at radius 1 is 1.12 bits per heavy atom. The average molecular weight is 352 g/mol. The van der Waals surface area contributed by atoms with E-state index >= 15 is 0 Å². The number of ether oxygens (including phenoxy) is 2. The van der Waals surface area contributed by atoms with E-state index in [4.69, 9.17) is 9.47 Å². The van der Waals surface area contributed by atoms with Gasteiger partial charge in [0.25, 0.3) is 5.91 Å². The van der Waals surface area contributed by atoms with E-state index in [0.717, 1.165) is 25.1 Å². The molecule has 2 heterocycles. The molecule has 1 spiro atoms. The molecule has 1 saturated heterocycles. The molecular formula is C21H24N2O3. The van der Waals surface area contributed by atoms with Crippen molar-refractivity contribution in [3.8, 4) is 11.5 Å². The lowest BCUT2D eigenvalue weighted by Gasteiger charge is -2.41. The molecule has 2 aromatic carbocycles. The molecule has 0 atom stereocenters. The summed E-state index contributed by atoms with van der Waals surface area (Å²) in [7, 11) is 1.60. The van der Waals surface area contributed by atoms with Crippen LogP contribution in [0.4, 0.5) is 0 Å². The Labute approximate surface area is 153 Å². The highest BCUT2D eigenvalue weighted by Crippen LogP contribution is 2.30. The standard InChI is InChI=1S/C21H24N2O3/c1-25-19-9-5-3-7-17(19)20(24)23-12-10-21(11-13-23)15-26-18-8-4-2-6-16(18)14-22-21/h2-9,22H,10-15H2,1H3. The van der Waals surface area contributed by atoms with Crippen molar-refractivity contribution in [3.05, 3.63) is 59.7 Å². The highest BCUT2D eigenvalue weighted by atomic mass is 16.5. The average Bonchev–Trinajstić information content (AvgIpc) is 2.88. The van der Waals surface area contributed by atoms with Gasteiger partial charge in [-0.15, -0.1) is 0 Å². The van der Waals surface area contributed by atoms with E-state index in [0.29, 0.717) is 31.0 Å². The minimum Gasteiger partial charge on any atom is -0.496 e. The van der Waals surface area contributed by atoms with Crippen LogP contribution in [0.5, 0.6) is 11.5 Å². The Morgan fingerprint density at radius 2 is 1.85 bits per heavy atom. The summed E-state index contributed by atoms with van der Waals surface area (Å²) >= 11 is 0. The Balaban J connectivity index is 1.44. The van der Waals surface area contributed by atoms with Gasteiger partial charge in [0.15, 0.2) is 0 Å². The maximum Gasteiger partial charge on any atom is 0.257 e. The fraction of sp³-hybridized carbons (Fsp3) is 0.381. The van der Waals surface area contributed by atoms with E-state index in [1.807, 2.05) is 47.4 Å². The van der Waals surface area contributed by atoms with Crippen LogP contribution in [0.15, 0.2) is 48.5 Å². The molecule has 0 saturated carbocycles. The molecule has 136 valence electrons. The number of piperidine rings is 1. The summed E-state index contributed by atoms with van der Waals surface area (Å²) in [4.78, 5) is 14.8. The molecule has 1 fully saturated rings. The van der Waals surface area contributed by atoms with Gasteiger partial charge in [-0.2, -0.15) is 0 Å². The number of rotatable bonds is 2. The zero-order valence-corrected chi connectivity index (χ0v) is 15.0. The van der Waals surface area contributed by atoms with Gasteiger partial charge in [-0.3, -0.25) is 4.79 Å². The van der Waals surface area contributed by atoms with Crippen LogP contribution >= 0.6 is 0 Å². The number of hydrogen-bond acceptors (Lipinski definition) is 4. The fourth-order valence-corrected chi connectivity index (χ4v) is 3.79. The Hall–Kier alpha value is -2.53. The predicted molar refractivity (Wildman–Crippen MR) is 99.6 cm³/mol. The molecule has 0 aliphatic carbocycles. The number of fused-ring (bicyclic) bond motifs is 1. The predicted octanol–water partition coefficient (Wildman–Crippen LogP) is 2.85. The smallest absolute Gasteiger partial charge is 0.257 e. The van der Waals surface area contributed by atoms with Crippen LogP contribution < -0.4 is 14.8 Å². The SMILES string of the molecule is COc1ccccc1C(=O)N1CCC2(CC1)COc1ccccc1CN2. The van der Waals surface area contributed by atoms with Gasteiger partial charge in [-0.25, -0.2) is 0 Å². The first-order chi connectivity index (χ1) is 12.7. The van der Waals surface area contributed by atoms with E-state index in [1.165, 1.54) is 5.56 Å². The molecule has 0 unspecified atom stereocenters. The number of carbonyl (C=O) groups excluding carboxylic acids is 1. The van der Waals surface area contributed by atoms with Crippen LogP contribution in [-0.4, -0.2) is 43.2 Å². The minimum absolute atomic E-state index is 0.0372. The number of hydrogen-bond donors (Lipinski definition) is 1. The van der Waals surface area contributed by atoms with Gasteiger partial charge in [0.1, 0.15) is 18.1 Å². The molecule has 2 aliphatic heterocycles. The van der Waals surface area contributed by atoms with Crippen molar-refractivity contribution in [2.45, 2.75) is 24.9 Å². The topological polar surface area (TPSA) is 50.8 Å². The zero-order valence-electron chi connectivity index (χ0n) is 15.0. The second-order valence-electron chi connectivity index (χ2n) is 7.02. The van der Waals surface area contributed by atoms with E-state index in [1.54, 1.807) is 7.11 Å². The molecule has 2 aromatic rings. The lowest BCUT2D eigenvalue weighted by molar-refractivity contribution is 0.0572. The van der Waals surface area contributed by atoms with Gasteiger partial charge >= 0.3 is 0 Å². The molecule has 26 heavy (non-hydrogen) atoms. The summed E-state index contributed by atoms with van der Waals surface area (Å²) in [6.45, 7) is 2.87. The minimum atomic E-state index is -0.0728. The highest BCUT2D eigenvalue weighted by Gasteiger charge is 2.38. The number of amides is 1. The molecule has 5 heteroatoms. The number of methoxy groups -OCH3 is 1. The van der Waals surface area contributed by atoms with Crippen molar-refractivity contribution in [2.75, 3.05) is 26.8 Å². The zero-order chi connectivity index (χ0) is 18.0. The maximum atomic E-state index is 12.9. The molecule has 2 aliphatic rings. The highest BCUT2D eigenvalue weighted by molar-refractivity contribution is 5.97. The molecule has 1 N–H and O–H groups in total. The Kier molecular flexibility index (Phi) is 4.55. The molecular weight excluding hydrogens is 328 g/mol. The largest absolute Gasteiger partial charge is 0.496 e. The van der Waals surface area contributed by atoms with Crippen molar-refractivity contribution in [2.24, 2.45) is 0 Å². The summed E-state index contributed by atoms with van der Waals surface area (Å²) in [5.41, 5.74) is 1.75. The van der Waals surface area contributed by atoms with Crippen LogP contribution in [0.3, 0.4) is 0 Å². The van der Waals surface area contributed by atoms with E-state index in [2.05, 4.69) is 11.4 Å². The molecule has 0 radical (unpaired) electrons. The third-order valence-electron chi connectivity index (χ3n) is 5.48. The summed E-state index contributed by atoms with van der Waals surface area (Å²) in [5, 5.41) is 3.69. The van der Waals surface area contributed by atoms with Gasteiger partial charge in [0, 0.05) is 25.2 Å². The normalized spacial score (nSPS) is 18.6. The second kappa shape index (κ2) is 7.00. The number of carbonyl (C=O) groups is 1. The van der Waals surface area contributed by atoms with Crippen molar-refractivity contribution in [3.63, 3.8) is 0 Å². The van der Waals surface area contributed by atoms with E-state index in [-0.39, 0.29) is 11.4 Å². The number of benzene rings is 2. The van der Waals surface area contributed by atoms with Crippen LogP contribution in [0.2, 0.25) is 0 Å². The third kappa shape index (κ3) is 3.15. The first-order valence-electron chi connectivity index (χ1n) is 9.09. The monoisotopic (exact) mass is 352 g/mol. The number of para-hydroxylation sites is 2. The van der Waals surface area contributed by atoms with Gasteiger partial charge in [0.2, 0.25) is 0 Å². The van der Waals surface area contributed by atoms with E-state index < -0.39 is 0 Å². The molecule has 4 rings (SSSR count). The van der Waals surface area contributed by atoms with Crippen LogP contribution in [0, 0.1) is 0 Å². The second-order valence-corrected chi connectivity index (χ2v) is 7.02. The number of nitrogens with one attached hydrogen (secondary N) is 1. The lowest BCUT2D eigenvalue weighted by Crippen LogP contribution is -2.56. The van der Waals surface area contributed by atoms with Crippen molar-refractivity contribution in [1.29, 1.82) is 0 Å². The van der Waals surface area contributed by atoms with Crippen LogP contribution in [0.25, 0.3) is 0 Å². The fourth-order valence-electron chi connectivity index (χ4n) is 3.79. The first-order valence-corrected chi connectivity index (χ1v) is 9.09. The Bertz CT molecular complexity index is 768. The molecule has 0 bridgehead atoms. The van der Waals surface area contributed by atoms with Crippen molar-refractivity contribution < 1.29 is 14.3 Å². The number of nitrogens with zero attached hydrogens (tertiary/aromatic N) is 1. The molecule has 5 nitrogen and oxygen atoms in total. The summed E-state index contributed by atoms with van der Waals surface area (Å²) in [6.07, 6.45) is 1.75. The van der Waals surface area contributed by atoms with Crippen molar-refractivity contribution >= 4 is 5.91 Å². The number of likely N-dealkylation sites (tertiary alicyclic amines) is 1. The lowest BCUT2D eigenvalue weighted by atomic mass is 9.88. The summed E-state index contributed by atoms with van der Waals surface area (Å²) < 4.78 is 11.4. The Morgan fingerprint density at radius 3 is 2.65 bits per heavy atom. The summed E-state index contributed by atoms with van der Waals surface area (Å²) in [6, 6.07) is 15.6. The first kappa shape index (κ1) is 16.9. The molecule has 0 aromatic heterocycles. The quantitative estimate of drug-likeness (QED) is 0.903. The van der Waals surface area contributed by atoms with Crippen molar-refractivity contribution in [1.82, 2.24) is 10.2 Å². The van der Waals surface area contributed by atoms with Gasteiger partial charge in [-0.05, 0) is 31.0 Å². The third-order valence-corrected chi connectivity index (χ3v) is 5.48.